The van der Waals surface area contributed by atoms with Crippen molar-refractivity contribution in [1.29, 1.82) is 0 Å². The van der Waals surface area contributed by atoms with E-state index in [1.165, 1.54) is 25.5 Å². The Balaban J connectivity index is 1.32. The maximum absolute atomic E-state index is 13.3. The van der Waals surface area contributed by atoms with Gasteiger partial charge in [0.15, 0.2) is 11.2 Å². The third kappa shape index (κ3) is 6.84. The molecule has 0 bridgehead atoms. The van der Waals surface area contributed by atoms with Gasteiger partial charge in [0.25, 0.3) is 5.91 Å². The molecule has 2 heterocycles. The number of rotatable bonds is 13. The predicted molar refractivity (Wildman–Crippen MR) is 153 cm³/mol. The number of aliphatic hydroxyl groups excluding tert-OH is 1. The van der Waals surface area contributed by atoms with Crippen LogP contribution in [0.15, 0.2) is 80.7 Å². The summed E-state index contributed by atoms with van der Waals surface area (Å²) >= 11 is 0. The highest BCUT2D eigenvalue weighted by molar-refractivity contribution is 7.89. The van der Waals surface area contributed by atoms with E-state index in [-0.39, 0.29) is 48.8 Å². The molecule has 1 aliphatic carbocycles. The Kier molecular flexibility index (Phi) is 9.27. The van der Waals surface area contributed by atoms with E-state index < -0.39 is 28.1 Å². The van der Waals surface area contributed by atoms with Gasteiger partial charge < -0.3 is 29.1 Å². The lowest BCUT2D eigenvalue weighted by atomic mass is 9.93. The zero-order valence-electron chi connectivity index (χ0n) is 23.2. The average molecular weight is 599 g/mol. The summed E-state index contributed by atoms with van der Waals surface area (Å²) in [7, 11) is -2.45. The molecule has 0 radical (unpaired) electrons. The van der Waals surface area contributed by atoms with E-state index in [1.807, 2.05) is 0 Å². The number of carbonyl (C=O) groups is 1. The SMILES string of the molecule is COc1ccc(S(=O)(=O)N(CCO)CCO[C@@H]2C[C@H](c3coc4ccccc4c3=O)C=C(C(=O)NCC3CC3)O2)cc1. The number of nitrogens with zero attached hydrogens (tertiary/aromatic N) is 1. The summed E-state index contributed by atoms with van der Waals surface area (Å²) in [6.07, 6.45) is 4.40. The molecule has 42 heavy (non-hydrogen) atoms. The summed E-state index contributed by atoms with van der Waals surface area (Å²) in [4.78, 5) is 26.3. The number of carbonyl (C=O) groups excluding carboxylic acids is 1. The number of ether oxygens (including phenoxy) is 3. The van der Waals surface area contributed by atoms with Crippen LogP contribution in [-0.2, 0) is 24.3 Å². The number of amides is 1. The van der Waals surface area contributed by atoms with Gasteiger partial charge in [0.1, 0.15) is 11.3 Å². The average Bonchev–Trinajstić information content (AvgIpc) is 3.84. The molecule has 0 spiro atoms. The molecule has 5 rings (SSSR count). The second kappa shape index (κ2) is 13.1. The normalized spacial score (nSPS) is 18.9. The summed E-state index contributed by atoms with van der Waals surface area (Å²) in [5.41, 5.74) is 0.609. The van der Waals surface area contributed by atoms with Crippen molar-refractivity contribution in [2.45, 2.75) is 36.4 Å². The van der Waals surface area contributed by atoms with Crippen molar-refractivity contribution >= 4 is 26.9 Å². The van der Waals surface area contributed by atoms with E-state index in [2.05, 4.69) is 5.32 Å². The Hall–Kier alpha value is -3.71. The molecule has 11 nitrogen and oxygen atoms in total. The lowest BCUT2D eigenvalue weighted by Crippen LogP contribution is -2.38. The molecule has 2 aromatic carbocycles. The van der Waals surface area contributed by atoms with Gasteiger partial charge in [-0.05, 0) is 61.2 Å². The van der Waals surface area contributed by atoms with Crippen molar-refractivity contribution in [3.05, 3.63) is 82.4 Å². The zero-order valence-corrected chi connectivity index (χ0v) is 24.0. The molecule has 224 valence electrons. The van der Waals surface area contributed by atoms with Gasteiger partial charge in [-0.2, -0.15) is 4.31 Å². The van der Waals surface area contributed by atoms with E-state index in [0.29, 0.717) is 34.7 Å². The zero-order chi connectivity index (χ0) is 29.7. The number of methoxy groups -OCH3 is 1. The fourth-order valence-corrected chi connectivity index (χ4v) is 6.19. The Morgan fingerprint density at radius 3 is 2.60 bits per heavy atom. The van der Waals surface area contributed by atoms with Gasteiger partial charge >= 0.3 is 0 Å². The largest absolute Gasteiger partial charge is 0.497 e. The number of fused-ring (bicyclic) bond motifs is 1. The second-order valence-electron chi connectivity index (χ2n) is 10.3. The van der Waals surface area contributed by atoms with Gasteiger partial charge in [-0.25, -0.2) is 8.42 Å². The van der Waals surface area contributed by atoms with Crippen LogP contribution < -0.4 is 15.5 Å². The number of benzene rings is 2. The monoisotopic (exact) mass is 598 g/mol. The lowest BCUT2D eigenvalue weighted by Gasteiger charge is -2.30. The Bertz CT molecular complexity index is 1600. The maximum Gasteiger partial charge on any atom is 0.286 e. The van der Waals surface area contributed by atoms with Crippen LogP contribution in [0.5, 0.6) is 5.75 Å². The molecule has 1 fully saturated rings. The van der Waals surface area contributed by atoms with Crippen LogP contribution >= 0.6 is 0 Å². The molecule has 1 aliphatic heterocycles. The van der Waals surface area contributed by atoms with E-state index in [0.717, 1.165) is 17.1 Å². The van der Waals surface area contributed by atoms with Crippen LogP contribution in [0.3, 0.4) is 0 Å². The third-order valence-corrected chi connectivity index (χ3v) is 9.24. The summed E-state index contributed by atoms with van der Waals surface area (Å²) in [5, 5.41) is 12.8. The molecular formula is C30H34N2O9S. The first-order valence-corrected chi connectivity index (χ1v) is 15.3. The van der Waals surface area contributed by atoms with Crippen LogP contribution in [0.2, 0.25) is 0 Å². The quantitative estimate of drug-likeness (QED) is 0.303. The van der Waals surface area contributed by atoms with Gasteiger partial charge in [-0.15, -0.1) is 0 Å². The molecular weight excluding hydrogens is 564 g/mol. The standard InChI is InChI=1S/C30H34N2O9S/c1-38-22-8-10-23(11-9-22)42(36,37)32(12-14-33)13-15-39-28-17-21(16-27(41-28)30(35)31-18-20-6-7-20)25-19-40-26-5-3-2-4-24(26)29(25)34/h2-5,8-11,16,19-21,28,33H,6-7,12-15,17-18H2,1H3,(H,31,35)/t21-,28+/m1/s1. The molecule has 12 heteroatoms. The number of nitrogens with one attached hydrogen (secondary N) is 1. The highest BCUT2D eigenvalue weighted by atomic mass is 32.2. The summed E-state index contributed by atoms with van der Waals surface area (Å²) in [5.74, 6) is 0.0545. The Morgan fingerprint density at radius 2 is 1.88 bits per heavy atom. The van der Waals surface area contributed by atoms with Crippen molar-refractivity contribution in [1.82, 2.24) is 9.62 Å². The number of para-hydroxylation sites is 1. The smallest absolute Gasteiger partial charge is 0.286 e. The number of hydrogen-bond donors (Lipinski definition) is 2. The van der Waals surface area contributed by atoms with E-state index in [1.54, 1.807) is 42.5 Å². The Morgan fingerprint density at radius 1 is 1.12 bits per heavy atom. The minimum Gasteiger partial charge on any atom is -0.497 e. The number of aliphatic hydroxyl groups is 1. The third-order valence-electron chi connectivity index (χ3n) is 7.33. The molecule has 3 aromatic rings. The van der Waals surface area contributed by atoms with Crippen LogP contribution in [0.1, 0.15) is 30.7 Å². The first kappa shape index (κ1) is 29.8. The molecule has 2 N–H and O–H groups in total. The first-order chi connectivity index (χ1) is 20.3. The van der Waals surface area contributed by atoms with Gasteiger partial charge in [-0.1, -0.05) is 12.1 Å². The van der Waals surface area contributed by atoms with Gasteiger partial charge in [0.05, 0.1) is 36.9 Å². The van der Waals surface area contributed by atoms with Gasteiger partial charge in [-0.3, -0.25) is 9.59 Å². The van der Waals surface area contributed by atoms with Crippen LogP contribution in [0.25, 0.3) is 11.0 Å². The highest BCUT2D eigenvalue weighted by Gasteiger charge is 2.32. The van der Waals surface area contributed by atoms with E-state index >= 15 is 0 Å². The predicted octanol–water partition coefficient (Wildman–Crippen LogP) is 2.74. The van der Waals surface area contributed by atoms with E-state index in [9.17, 15) is 23.1 Å². The minimum atomic E-state index is -3.94. The molecule has 1 aromatic heterocycles. The number of sulfonamides is 1. The molecule has 0 unspecified atom stereocenters. The van der Waals surface area contributed by atoms with Crippen LogP contribution in [-0.4, -0.2) is 70.0 Å². The second-order valence-corrected chi connectivity index (χ2v) is 12.2. The molecule has 2 atom stereocenters. The topological polar surface area (TPSA) is 145 Å². The van der Waals surface area contributed by atoms with Crippen molar-refractivity contribution in [3.8, 4) is 5.75 Å². The first-order valence-electron chi connectivity index (χ1n) is 13.8. The van der Waals surface area contributed by atoms with Crippen molar-refractivity contribution in [2.24, 2.45) is 5.92 Å². The number of hydrogen-bond acceptors (Lipinski definition) is 9. The molecule has 2 aliphatic rings. The van der Waals surface area contributed by atoms with Crippen molar-refractivity contribution in [2.75, 3.05) is 40.0 Å². The summed E-state index contributed by atoms with van der Waals surface area (Å²) in [6, 6.07) is 12.9. The van der Waals surface area contributed by atoms with Crippen molar-refractivity contribution < 1.29 is 36.9 Å². The minimum absolute atomic E-state index is 0.0301. The fourth-order valence-electron chi connectivity index (χ4n) is 4.78. The summed E-state index contributed by atoms with van der Waals surface area (Å²) in [6.45, 7) is -0.157. The van der Waals surface area contributed by atoms with Gasteiger partial charge in [0, 0.05) is 37.5 Å². The van der Waals surface area contributed by atoms with Crippen molar-refractivity contribution in [3.63, 3.8) is 0 Å². The summed E-state index contributed by atoms with van der Waals surface area (Å²) < 4.78 is 50.2. The molecule has 1 amide bonds. The molecule has 0 saturated heterocycles. The lowest BCUT2D eigenvalue weighted by molar-refractivity contribution is -0.146. The Labute approximate surface area is 243 Å². The number of allylic oxidation sites excluding steroid dienone is 1. The van der Waals surface area contributed by atoms with Crippen LogP contribution in [0.4, 0.5) is 0 Å². The maximum atomic E-state index is 13.3. The van der Waals surface area contributed by atoms with E-state index in [4.69, 9.17) is 18.6 Å². The van der Waals surface area contributed by atoms with Crippen LogP contribution in [0, 0.1) is 5.92 Å². The highest BCUT2D eigenvalue weighted by Crippen LogP contribution is 2.32. The molecule has 1 saturated carbocycles. The van der Waals surface area contributed by atoms with Gasteiger partial charge in [0.2, 0.25) is 16.3 Å². The fraction of sp³-hybridized carbons (Fsp3) is 0.400.